The van der Waals surface area contributed by atoms with E-state index in [4.69, 9.17) is 9.52 Å². The summed E-state index contributed by atoms with van der Waals surface area (Å²) in [5, 5.41) is 15.1. The number of carbonyl (C=O) groups is 2. The van der Waals surface area contributed by atoms with Crippen molar-refractivity contribution in [2.75, 3.05) is 5.32 Å². The number of nitrogens with one attached hydrogen (secondary N) is 1. The van der Waals surface area contributed by atoms with E-state index in [-0.39, 0.29) is 22.9 Å². The molecule has 1 aromatic carbocycles. The van der Waals surface area contributed by atoms with E-state index in [1.807, 2.05) is 0 Å². The predicted octanol–water partition coefficient (Wildman–Crippen LogP) is 3.24. The maximum atomic E-state index is 13.6. The number of carboxylic acids is 1. The highest BCUT2D eigenvalue weighted by Gasteiger charge is 2.27. The lowest BCUT2D eigenvalue weighted by molar-refractivity contribution is 0.0686. The predicted molar refractivity (Wildman–Crippen MR) is 87.4 cm³/mol. The molecule has 30 heavy (non-hydrogen) atoms. The van der Waals surface area contributed by atoms with Gasteiger partial charge in [-0.3, -0.25) is 9.48 Å². The molecule has 3 aromatic rings. The van der Waals surface area contributed by atoms with E-state index in [1.54, 1.807) is 0 Å². The van der Waals surface area contributed by atoms with Crippen molar-refractivity contribution < 1.29 is 45.8 Å². The molecule has 3 rings (SSSR count). The zero-order valence-corrected chi connectivity index (χ0v) is 14.8. The summed E-state index contributed by atoms with van der Waals surface area (Å²) in [6.07, 6.45) is 1.09. The van der Waals surface area contributed by atoms with E-state index in [1.165, 1.54) is 7.05 Å². The molecular formula is C17H10F5N3O5. The van der Waals surface area contributed by atoms with Crippen LogP contribution in [0.15, 0.2) is 22.7 Å². The second kappa shape index (κ2) is 7.85. The maximum absolute atomic E-state index is 13.6. The highest BCUT2D eigenvalue weighted by molar-refractivity contribution is 6.05. The highest BCUT2D eigenvalue weighted by Crippen LogP contribution is 2.30. The van der Waals surface area contributed by atoms with Crippen molar-refractivity contribution in [2.45, 2.75) is 6.61 Å². The topological polar surface area (TPSA) is 107 Å². The molecule has 1 amide bonds. The van der Waals surface area contributed by atoms with Crippen molar-refractivity contribution in [3.63, 3.8) is 0 Å². The SMILES string of the molecule is Cn1ncc(NC(=O)c2ccc(COc3c(F)c(F)c(F)c(F)c3F)o2)c1C(=O)O. The van der Waals surface area contributed by atoms with Crippen LogP contribution in [0.1, 0.15) is 26.8 Å². The Morgan fingerprint density at radius 1 is 1.10 bits per heavy atom. The Morgan fingerprint density at radius 3 is 2.30 bits per heavy atom. The molecule has 2 heterocycles. The lowest BCUT2D eigenvalue weighted by Gasteiger charge is -2.09. The summed E-state index contributed by atoms with van der Waals surface area (Å²) in [5.74, 6) is -15.2. The normalized spacial score (nSPS) is 10.9. The van der Waals surface area contributed by atoms with Crippen molar-refractivity contribution >= 4 is 17.6 Å². The van der Waals surface area contributed by atoms with Gasteiger partial charge in [-0.15, -0.1) is 0 Å². The van der Waals surface area contributed by atoms with Gasteiger partial charge in [0.1, 0.15) is 12.4 Å². The highest BCUT2D eigenvalue weighted by atomic mass is 19.2. The summed E-state index contributed by atoms with van der Waals surface area (Å²) in [6, 6.07) is 2.28. The summed E-state index contributed by atoms with van der Waals surface area (Å²) >= 11 is 0. The van der Waals surface area contributed by atoms with Crippen molar-refractivity contribution in [1.29, 1.82) is 0 Å². The van der Waals surface area contributed by atoms with E-state index in [2.05, 4.69) is 15.2 Å². The van der Waals surface area contributed by atoms with Crippen LogP contribution in [0, 0.1) is 29.1 Å². The van der Waals surface area contributed by atoms with E-state index in [0.717, 1.165) is 23.0 Å². The third kappa shape index (κ3) is 3.68. The minimum absolute atomic E-state index is 0.120. The molecule has 0 fully saturated rings. The van der Waals surface area contributed by atoms with E-state index in [0.29, 0.717) is 0 Å². The van der Waals surface area contributed by atoms with E-state index in [9.17, 15) is 31.5 Å². The molecule has 0 unspecified atom stereocenters. The van der Waals surface area contributed by atoms with Crippen LogP contribution in [0.4, 0.5) is 27.6 Å². The Balaban J connectivity index is 1.74. The number of hydrogen-bond donors (Lipinski definition) is 2. The van der Waals surface area contributed by atoms with Gasteiger partial charge in [0.15, 0.2) is 17.2 Å². The van der Waals surface area contributed by atoms with Crippen LogP contribution >= 0.6 is 0 Å². The van der Waals surface area contributed by atoms with Gasteiger partial charge in [-0.2, -0.15) is 13.9 Å². The van der Waals surface area contributed by atoms with Gasteiger partial charge in [-0.1, -0.05) is 0 Å². The number of benzene rings is 1. The maximum Gasteiger partial charge on any atom is 0.356 e. The summed E-state index contributed by atoms with van der Waals surface area (Å²) in [7, 11) is 1.35. The first-order valence-corrected chi connectivity index (χ1v) is 7.91. The van der Waals surface area contributed by atoms with Gasteiger partial charge in [0, 0.05) is 7.05 Å². The standard InChI is InChI=1S/C17H10F5N3O5/c1-25-14(17(27)28)7(4-23-25)24-16(26)8-3-2-6(30-8)5-29-15-12(21)10(19)9(18)11(20)13(15)22/h2-4H,5H2,1H3,(H,24,26)(H,27,28). The summed E-state index contributed by atoms with van der Waals surface area (Å²) in [4.78, 5) is 23.4. The monoisotopic (exact) mass is 431 g/mol. The number of hydrogen-bond acceptors (Lipinski definition) is 5. The van der Waals surface area contributed by atoms with Gasteiger partial charge in [0.2, 0.25) is 29.1 Å². The molecule has 0 spiro atoms. The molecule has 0 atom stereocenters. The zero-order chi connectivity index (χ0) is 22.2. The molecule has 158 valence electrons. The number of carbonyl (C=O) groups excluding carboxylic acids is 1. The van der Waals surface area contributed by atoms with Crippen LogP contribution in [0.5, 0.6) is 5.75 Å². The molecule has 0 aliphatic rings. The van der Waals surface area contributed by atoms with Crippen LogP contribution in [0.2, 0.25) is 0 Å². The Bertz CT molecular complexity index is 1130. The lowest BCUT2D eigenvalue weighted by Crippen LogP contribution is -2.15. The molecule has 2 aromatic heterocycles. The molecule has 13 heteroatoms. The Morgan fingerprint density at radius 2 is 1.70 bits per heavy atom. The van der Waals surface area contributed by atoms with Crippen LogP contribution in [-0.2, 0) is 13.7 Å². The van der Waals surface area contributed by atoms with Gasteiger partial charge in [-0.05, 0) is 12.1 Å². The Kier molecular flexibility index (Phi) is 5.45. The van der Waals surface area contributed by atoms with Crippen molar-refractivity contribution in [1.82, 2.24) is 9.78 Å². The number of ether oxygens (including phenoxy) is 1. The smallest absolute Gasteiger partial charge is 0.356 e. The number of aromatic nitrogens is 2. The number of carboxylic acid groups (broad SMARTS) is 1. The molecular weight excluding hydrogens is 421 g/mol. The molecule has 0 radical (unpaired) electrons. The lowest BCUT2D eigenvalue weighted by atomic mass is 10.2. The molecule has 8 nitrogen and oxygen atoms in total. The Hall–Kier alpha value is -3.90. The molecule has 2 N–H and O–H groups in total. The first kappa shape index (κ1) is 20.8. The second-order valence-electron chi connectivity index (χ2n) is 5.74. The molecule has 0 bridgehead atoms. The van der Waals surface area contributed by atoms with Crippen molar-refractivity contribution in [3.8, 4) is 5.75 Å². The van der Waals surface area contributed by atoms with Crippen molar-refractivity contribution in [3.05, 3.63) is 64.6 Å². The number of aromatic carboxylic acids is 1. The first-order valence-electron chi connectivity index (χ1n) is 7.91. The number of rotatable bonds is 6. The minimum atomic E-state index is -2.33. The van der Waals surface area contributed by atoms with Crippen molar-refractivity contribution in [2.24, 2.45) is 7.05 Å². The van der Waals surface area contributed by atoms with Gasteiger partial charge in [0.05, 0.1) is 11.9 Å². The molecule has 0 saturated carbocycles. The van der Waals surface area contributed by atoms with Crippen LogP contribution in [-0.4, -0.2) is 26.8 Å². The van der Waals surface area contributed by atoms with E-state index < -0.39 is 53.3 Å². The number of aryl methyl sites for hydroxylation is 1. The fourth-order valence-corrected chi connectivity index (χ4v) is 2.40. The summed E-state index contributed by atoms with van der Waals surface area (Å²) < 4.78 is 77.3. The molecule has 0 aliphatic heterocycles. The number of anilines is 1. The number of nitrogens with zero attached hydrogens (tertiary/aromatic N) is 2. The van der Waals surface area contributed by atoms with E-state index >= 15 is 0 Å². The van der Waals surface area contributed by atoms with Gasteiger partial charge in [0.25, 0.3) is 5.91 Å². The minimum Gasteiger partial charge on any atom is -0.479 e. The van der Waals surface area contributed by atoms with Crippen LogP contribution in [0.25, 0.3) is 0 Å². The summed E-state index contributed by atoms with van der Waals surface area (Å²) in [5.41, 5.74) is -0.421. The largest absolute Gasteiger partial charge is 0.479 e. The average molecular weight is 431 g/mol. The second-order valence-corrected chi connectivity index (χ2v) is 5.74. The zero-order valence-electron chi connectivity index (χ0n) is 14.8. The van der Waals surface area contributed by atoms with Gasteiger partial charge >= 0.3 is 5.97 Å². The number of furan rings is 1. The summed E-state index contributed by atoms with van der Waals surface area (Å²) in [6.45, 7) is -0.765. The first-order chi connectivity index (χ1) is 14.1. The fraction of sp³-hybridized carbons (Fsp3) is 0.118. The fourth-order valence-electron chi connectivity index (χ4n) is 2.40. The van der Waals surface area contributed by atoms with Gasteiger partial charge in [-0.25, -0.2) is 18.0 Å². The Labute approximate surface area is 163 Å². The van der Waals surface area contributed by atoms with Crippen LogP contribution in [0.3, 0.4) is 0 Å². The third-order valence-electron chi connectivity index (χ3n) is 3.80. The number of amides is 1. The molecule has 0 saturated heterocycles. The van der Waals surface area contributed by atoms with Crippen LogP contribution < -0.4 is 10.1 Å². The third-order valence-corrected chi connectivity index (χ3v) is 3.80. The average Bonchev–Trinajstić information content (AvgIpc) is 3.31. The number of halogens is 5. The van der Waals surface area contributed by atoms with Gasteiger partial charge < -0.3 is 19.6 Å². The molecule has 0 aliphatic carbocycles. The quantitative estimate of drug-likeness (QED) is 0.353.